The predicted octanol–water partition coefficient (Wildman–Crippen LogP) is 2.74. The Kier molecular flexibility index (Phi) is 10.7. The molecule has 3 fully saturated rings. The second kappa shape index (κ2) is 14.3. The van der Waals surface area contributed by atoms with E-state index in [4.69, 9.17) is 46.9 Å². The average Bonchev–Trinajstić information content (AvgIpc) is 3.63. The number of nitrogens with one attached hydrogen (secondary N) is 1. The van der Waals surface area contributed by atoms with E-state index in [2.05, 4.69) is 5.32 Å². The minimum atomic E-state index is -1.49. The fourth-order valence-electron chi connectivity index (χ4n) is 5.47. The lowest BCUT2D eigenvalue weighted by atomic mass is 9.83. The topological polar surface area (TPSA) is 156 Å². The van der Waals surface area contributed by atoms with E-state index in [1.165, 1.54) is 31.2 Å². The molecule has 1 aliphatic carbocycles. The molecule has 2 aliphatic heterocycles. The van der Waals surface area contributed by atoms with Crippen molar-refractivity contribution in [1.29, 1.82) is 0 Å². The zero-order chi connectivity index (χ0) is 32.4. The largest absolute Gasteiger partial charge is 0.488 e. The highest BCUT2D eigenvalue weighted by Gasteiger charge is 2.53. The van der Waals surface area contributed by atoms with Gasteiger partial charge in [0.15, 0.2) is 11.6 Å². The van der Waals surface area contributed by atoms with Crippen LogP contribution in [0.3, 0.4) is 0 Å². The van der Waals surface area contributed by atoms with Gasteiger partial charge in [-0.05, 0) is 67.5 Å². The summed E-state index contributed by atoms with van der Waals surface area (Å²) in [5.41, 5.74) is 1.19. The van der Waals surface area contributed by atoms with E-state index in [-0.39, 0.29) is 31.1 Å². The van der Waals surface area contributed by atoms with E-state index >= 15 is 0 Å². The number of amides is 1. The number of rotatable bonds is 9. The van der Waals surface area contributed by atoms with E-state index < -0.39 is 66.8 Å². The maximum Gasteiger partial charge on any atom is 0.247 e. The number of hydrogen-bond donors (Lipinski definition) is 5. The average molecular weight is 671 g/mol. The van der Waals surface area contributed by atoms with Crippen molar-refractivity contribution in [2.75, 3.05) is 13.4 Å². The van der Waals surface area contributed by atoms with Gasteiger partial charge in [0.2, 0.25) is 12.2 Å². The van der Waals surface area contributed by atoms with Crippen LogP contribution in [0.5, 0.6) is 11.5 Å². The van der Waals surface area contributed by atoms with Crippen LogP contribution in [0.2, 0.25) is 10.0 Å². The molecule has 2 heterocycles. The van der Waals surface area contributed by atoms with Crippen LogP contribution in [0.15, 0.2) is 53.6 Å². The van der Waals surface area contributed by atoms with Crippen molar-refractivity contribution in [3.63, 3.8) is 0 Å². The number of aliphatic hydroxyl groups excluding tert-OH is 4. The molecule has 3 aliphatic rings. The zero-order valence-corrected chi connectivity index (χ0v) is 25.8. The van der Waals surface area contributed by atoms with Crippen LogP contribution in [-0.4, -0.2) is 94.8 Å². The number of hydrogen-bond acceptors (Lipinski definition) is 10. The van der Waals surface area contributed by atoms with Crippen molar-refractivity contribution in [2.24, 2.45) is 0 Å². The molecule has 5 N–H and O–H groups in total. The Morgan fingerprint density at radius 1 is 1.02 bits per heavy atom. The Morgan fingerprint density at radius 2 is 1.73 bits per heavy atom. The summed E-state index contributed by atoms with van der Waals surface area (Å²) in [6.45, 7) is 3.27. The van der Waals surface area contributed by atoms with Gasteiger partial charge in [-0.15, -0.1) is 0 Å². The van der Waals surface area contributed by atoms with Gasteiger partial charge in [-0.25, -0.2) is 4.39 Å². The molecule has 0 unspecified atom stereocenters. The Balaban J connectivity index is 1.15. The SMILES string of the molecule is C/C(=C\c1ccc(O[C@H]2C[C@H](O)[C@@H](/C(C)=C/COc3ccc(Cl)cc3Cl)O2)c(F)c1)C(=O)N[C@@H]1[C@H](O)[C@@H](O)[C@H]2OCO[C@H]2[C@@H]1O. The van der Waals surface area contributed by atoms with Crippen LogP contribution in [0.1, 0.15) is 25.8 Å². The summed E-state index contributed by atoms with van der Waals surface area (Å²) in [6.07, 6.45) is -5.24. The van der Waals surface area contributed by atoms with Gasteiger partial charge in [-0.2, -0.15) is 0 Å². The zero-order valence-electron chi connectivity index (χ0n) is 24.3. The summed E-state index contributed by atoms with van der Waals surface area (Å²) in [6, 6.07) is 7.74. The lowest BCUT2D eigenvalue weighted by molar-refractivity contribution is -0.155. The molecule has 5 rings (SSSR count). The van der Waals surface area contributed by atoms with E-state index in [9.17, 15) is 29.6 Å². The molecule has 9 atom stereocenters. The number of aliphatic hydroxyl groups is 4. The molecule has 244 valence electrons. The van der Waals surface area contributed by atoms with Crippen LogP contribution in [-0.2, 0) is 19.0 Å². The van der Waals surface area contributed by atoms with Crippen molar-refractivity contribution in [3.05, 3.63) is 75.0 Å². The van der Waals surface area contributed by atoms with Gasteiger partial charge in [0.25, 0.3) is 0 Å². The summed E-state index contributed by atoms with van der Waals surface area (Å²) >= 11 is 12.0. The number of ether oxygens (including phenoxy) is 5. The van der Waals surface area contributed by atoms with Gasteiger partial charge in [0.05, 0.1) is 17.2 Å². The third-order valence-corrected chi connectivity index (χ3v) is 8.46. The van der Waals surface area contributed by atoms with E-state index in [1.807, 2.05) is 0 Å². The Bertz CT molecular complexity index is 1460. The van der Waals surface area contributed by atoms with Crippen molar-refractivity contribution >= 4 is 35.2 Å². The Hall–Kier alpha value is -2.78. The van der Waals surface area contributed by atoms with Crippen molar-refractivity contribution < 1.29 is 53.3 Å². The number of fused-ring (bicyclic) bond motifs is 1. The first-order valence-corrected chi connectivity index (χ1v) is 15.0. The molecule has 1 amide bonds. The van der Waals surface area contributed by atoms with Gasteiger partial charge in [-0.3, -0.25) is 4.79 Å². The second-order valence-corrected chi connectivity index (χ2v) is 12.0. The summed E-state index contributed by atoms with van der Waals surface area (Å²) in [5, 5.41) is 45.2. The number of benzene rings is 2. The van der Waals surface area contributed by atoms with Gasteiger partial charge in [-0.1, -0.05) is 29.3 Å². The number of carbonyl (C=O) groups excluding carboxylic acids is 1. The highest BCUT2D eigenvalue weighted by atomic mass is 35.5. The summed E-state index contributed by atoms with van der Waals surface area (Å²) in [4.78, 5) is 12.8. The van der Waals surface area contributed by atoms with E-state index in [1.54, 1.807) is 31.2 Å². The molecule has 1 saturated carbocycles. The number of halogens is 3. The molecular weight excluding hydrogens is 636 g/mol. The van der Waals surface area contributed by atoms with Crippen molar-refractivity contribution in [1.82, 2.24) is 5.32 Å². The summed E-state index contributed by atoms with van der Waals surface area (Å²) in [5.74, 6) is -1.01. The van der Waals surface area contributed by atoms with Gasteiger partial charge >= 0.3 is 0 Å². The molecule has 0 radical (unpaired) electrons. The monoisotopic (exact) mass is 669 g/mol. The molecule has 14 heteroatoms. The summed E-state index contributed by atoms with van der Waals surface area (Å²) < 4.78 is 42.7. The lowest BCUT2D eigenvalue weighted by Crippen LogP contribution is -2.67. The van der Waals surface area contributed by atoms with Crippen molar-refractivity contribution in [2.45, 2.75) is 75.3 Å². The van der Waals surface area contributed by atoms with Crippen LogP contribution >= 0.6 is 23.2 Å². The molecule has 11 nitrogen and oxygen atoms in total. The number of carbonyl (C=O) groups is 1. The van der Waals surface area contributed by atoms with E-state index in [0.29, 0.717) is 26.9 Å². The van der Waals surface area contributed by atoms with Crippen LogP contribution in [0, 0.1) is 5.82 Å². The Labute approximate surface area is 268 Å². The van der Waals surface area contributed by atoms with Crippen molar-refractivity contribution in [3.8, 4) is 11.5 Å². The highest BCUT2D eigenvalue weighted by Crippen LogP contribution is 2.32. The highest BCUT2D eigenvalue weighted by molar-refractivity contribution is 6.35. The lowest BCUT2D eigenvalue weighted by Gasteiger charge is -2.41. The second-order valence-electron chi connectivity index (χ2n) is 11.1. The van der Waals surface area contributed by atoms with Crippen LogP contribution in [0.4, 0.5) is 4.39 Å². The first-order chi connectivity index (χ1) is 21.4. The van der Waals surface area contributed by atoms with Crippen LogP contribution < -0.4 is 14.8 Å². The van der Waals surface area contributed by atoms with E-state index in [0.717, 1.165) is 0 Å². The third-order valence-electron chi connectivity index (χ3n) is 7.93. The molecule has 2 saturated heterocycles. The normalized spacial score (nSPS) is 31.9. The van der Waals surface area contributed by atoms with Gasteiger partial charge in [0, 0.05) is 17.0 Å². The maximum atomic E-state index is 15.0. The molecule has 2 aromatic rings. The fraction of sp³-hybridized carbons (Fsp3) is 0.452. The maximum absolute atomic E-state index is 15.0. The molecule has 0 spiro atoms. The van der Waals surface area contributed by atoms with Crippen LogP contribution in [0.25, 0.3) is 6.08 Å². The first kappa shape index (κ1) is 33.6. The quantitative estimate of drug-likeness (QED) is 0.199. The van der Waals surface area contributed by atoms with Gasteiger partial charge < -0.3 is 49.4 Å². The molecular formula is C31H34Cl2FNO10. The summed E-state index contributed by atoms with van der Waals surface area (Å²) in [7, 11) is 0. The molecule has 2 aromatic carbocycles. The smallest absolute Gasteiger partial charge is 0.247 e. The predicted molar refractivity (Wildman–Crippen MR) is 160 cm³/mol. The minimum absolute atomic E-state index is 0.104. The standard InChI is InChI=1S/C31H34Cl2FNO10/c1-14(7-8-41-21-6-4-17(32)11-18(21)33)28-20(36)12-23(45-28)44-22-5-3-16(10-19(22)34)9-15(2)31(40)35-24-25(37)27(39)30-29(26(24)38)42-13-43-30/h3-7,9-11,20,23-30,36-39H,8,12-13H2,1-2H3,(H,35,40)/b14-7+,15-9+/t20-,23+,24+,25-,26+,27+,28+,29-,30+/m0/s1. The minimum Gasteiger partial charge on any atom is -0.488 e. The Morgan fingerprint density at radius 3 is 2.44 bits per heavy atom. The van der Waals surface area contributed by atoms with Gasteiger partial charge in [0.1, 0.15) is 55.8 Å². The molecule has 0 aromatic heterocycles. The first-order valence-electron chi connectivity index (χ1n) is 14.2. The third kappa shape index (κ3) is 7.62. The molecule has 0 bridgehead atoms. The fourth-order valence-corrected chi connectivity index (χ4v) is 5.93. The molecule has 45 heavy (non-hydrogen) atoms.